The molecule has 0 aliphatic carbocycles. The number of ether oxygens (including phenoxy) is 1. The Kier molecular flexibility index (Phi) is 6.04. The minimum absolute atomic E-state index is 0.0576. The Bertz CT molecular complexity index is 304. The summed E-state index contributed by atoms with van der Waals surface area (Å²) in [6, 6.07) is 6.78. The van der Waals surface area contributed by atoms with Crippen LogP contribution in [0.2, 0.25) is 0 Å². The molecule has 0 saturated carbocycles. The largest absolute Gasteiger partial charge is 0.379 e. The molecule has 0 saturated heterocycles. The molecule has 90 valence electrons. The number of likely N-dealkylation sites (N-methyl/N-ethyl adjacent to an activating group) is 1. The molecule has 0 aromatic heterocycles. The standard InChI is InChI=1S/C13H20FNO/c1-3-9-16-10-13(15-4-2)11-7-5-6-8-12(11)14/h5-8,13,15H,3-4,9-10H2,1-2H3. The quantitative estimate of drug-likeness (QED) is 0.720. The molecule has 1 rings (SSSR count). The lowest BCUT2D eigenvalue weighted by Crippen LogP contribution is -2.26. The van der Waals surface area contributed by atoms with Crippen molar-refractivity contribution in [1.29, 1.82) is 0 Å². The van der Waals surface area contributed by atoms with Crippen molar-refractivity contribution in [2.24, 2.45) is 0 Å². The molecule has 1 aromatic rings. The van der Waals surface area contributed by atoms with Crippen LogP contribution < -0.4 is 5.32 Å². The van der Waals surface area contributed by atoms with Gasteiger partial charge in [-0.1, -0.05) is 32.0 Å². The zero-order chi connectivity index (χ0) is 11.8. The fourth-order valence-corrected chi connectivity index (χ4v) is 1.61. The van der Waals surface area contributed by atoms with Crippen LogP contribution in [-0.2, 0) is 4.74 Å². The van der Waals surface area contributed by atoms with Crippen LogP contribution in [0.4, 0.5) is 4.39 Å². The van der Waals surface area contributed by atoms with Crippen LogP contribution in [0.5, 0.6) is 0 Å². The number of halogens is 1. The van der Waals surface area contributed by atoms with Crippen LogP contribution in [0.15, 0.2) is 24.3 Å². The first-order valence-corrected chi connectivity index (χ1v) is 5.85. The van der Waals surface area contributed by atoms with Gasteiger partial charge in [-0.3, -0.25) is 0 Å². The Morgan fingerprint density at radius 2 is 2.06 bits per heavy atom. The smallest absolute Gasteiger partial charge is 0.128 e. The molecule has 0 aliphatic rings. The highest BCUT2D eigenvalue weighted by Gasteiger charge is 2.13. The molecule has 0 aliphatic heterocycles. The average Bonchev–Trinajstić information content (AvgIpc) is 2.29. The summed E-state index contributed by atoms with van der Waals surface area (Å²) in [5.41, 5.74) is 0.681. The van der Waals surface area contributed by atoms with E-state index in [0.29, 0.717) is 12.2 Å². The van der Waals surface area contributed by atoms with Gasteiger partial charge in [0.2, 0.25) is 0 Å². The van der Waals surface area contributed by atoms with E-state index in [4.69, 9.17) is 4.74 Å². The third-order valence-electron chi connectivity index (χ3n) is 2.36. The second kappa shape index (κ2) is 7.36. The molecule has 0 spiro atoms. The molecule has 0 heterocycles. The normalized spacial score (nSPS) is 12.7. The van der Waals surface area contributed by atoms with Crippen molar-refractivity contribution < 1.29 is 9.13 Å². The first-order chi connectivity index (χ1) is 7.79. The Balaban J connectivity index is 2.65. The Hall–Kier alpha value is -0.930. The number of hydrogen-bond donors (Lipinski definition) is 1. The number of rotatable bonds is 7. The van der Waals surface area contributed by atoms with Crippen molar-refractivity contribution in [3.63, 3.8) is 0 Å². The Morgan fingerprint density at radius 1 is 1.31 bits per heavy atom. The van der Waals surface area contributed by atoms with Crippen LogP contribution in [-0.4, -0.2) is 19.8 Å². The van der Waals surface area contributed by atoms with Gasteiger partial charge in [0.05, 0.1) is 12.6 Å². The fourth-order valence-electron chi connectivity index (χ4n) is 1.61. The van der Waals surface area contributed by atoms with E-state index in [0.717, 1.165) is 19.6 Å². The lowest BCUT2D eigenvalue weighted by Gasteiger charge is -2.18. The second-order valence-electron chi connectivity index (χ2n) is 3.71. The predicted octanol–water partition coefficient (Wildman–Crippen LogP) is 2.90. The maximum absolute atomic E-state index is 13.6. The van der Waals surface area contributed by atoms with Gasteiger partial charge >= 0.3 is 0 Å². The van der Waals surface area contributed by atoms with Crippen molar-refractivity contribution in [3.05, 3.63) is 35.6 Å². The summed E-state index contributed by atoms with van der Waals surface area (Å²) in [6.45, 7) is 6.10. The zero-order valence-corrected chi connectivity index (χ0v) is 10.0. The molecule has 2 nitrogen and oxygen atoms in total. The number of benzene rings is 1. The topological polar surface area (TPSA) is 21.3 Å². The van der Waals surface area contributed by atoms with Crippen LogP contribution in [0, 0.1) is 5.82 Å². The lowest BCUT2D eigenvalue weighted by atomic mass is 10.1. The summed E-state index contributed by atoms with van der Waals surface area (Å²) in [4.78, 5) is 0. The third-order valence-corrected chi connectivity index (χ3v) is 2.36. The third kappa shape index (κ3) is 3.91. The molecule has 1 N–H and O–H groups in total. The van der Waals surface area contributed by atoms with E-state index in [1.54, 1.807) is 12.1 Å². The van der Waals surface area contributed by atoms with E-state index in [-0.39, 0.29) is 11.9 Å². The number of hydrogen-bond acceptors (Lipinski definition) is 2. The summed E-state index contributed by atoms with van der Waals surface area (Å²) in [5.74, 6) is -0.173. The molecule has 0 radical (unpaired) electrons. The zero-order valence-electron chi connectivity index (χ0n) is 10.0. The average molecular weight is 225 g/mol. The fraction of sp³-hybridized carbons (Fsp3) is 0.538. The lowest BCUT2D eigenvalue weighted by molar-refractivity contribution is 0.111. The highest BCUT2D eigenvalue weighted by Crippen LogP contribution is 2.17. The second-order valence-corrected chi connectivity index (χ2v) is 3.71. The van der Waals surface area contributed by atoms with Gasteiger partial charge in [0.25, 0.3) is 0 Å². The van der Waals surface area contributed by atoms with E-state index in [2.05, 4.69) is 12.2 Å². The maximum atomic E-state index is 13.6. The van der Waals surface area contributed by atoms with Gasteiger partial charge in [-0.05, 0) is 19.0 Å². The van der Waals surface area contributed by atoms with Gasteiger partial charge in [0.1, 0.15) is 5.82 Å². The van der Waals surface area contributed by atoms with Gasteiger partial charge in [0.15, 0.2) is 0 Å². The Labute approximate surface area is 96.8 Å². The van der Waals surface area contributed by atoms with E-state index in [9.17, 15) is 4.39 Å². The molecule has 0 amide bonds. The monoisotopic (exact) mass is 225 g/mol. The molecule has 1 unspecified atom stereocenters. The summed E-state index contributed by atoms with van der Waals surface area (Å²) in [6.07, 6.45) is 0.982. The van der Waals surface area contributed by atoms with Crippen molar-refractivity contribution in [2.75, 3.05) is 19.8 Å². The molecule has 0 bridgehead atoms. The van der Waals surface area contributed by atoms with Crippen LogP contribution in [0.3, 0.4) is 0 Å². The highest BCUT2D eigenvalue weighted by atomic mass is 19.1. The van der Waals surface area contributed by atoms with E-state index in [1.165, 1.54) is 6.07 Å². The molecule has 3 heteroatoms. The maximum Gasteiger partial charge on any atom is 0.128 e. The molecular formula is C13H20FNO. The van der Waals surface area contributed by atoms with Crippen molar-refractivity contribution >= 4 is 0 Å². The summed E-state index contributed by atoms with van der Waals surface area (Å²) >= 11 is 0. The van der Waals surface area contributed by atoms with Gasteiger partial charge < -0.3 is 10.1 Å². The first kappa shape index (κ1) is 13.1. The van der Waals surface area contributed by atoms with E-state index < -0.39 is 0 Å². The summed E-state index contributed by atoms with van der Waals surface area (Å²) < 4.78 is 19.1. The van der Waals surface area contributed by atoms with Crippen molar-refractivity contribution in [1.82, 2.24) is 5.32 Å². The molecular weight excluding hydrogens is 205 g/mol. The van der Waals surface area contributed by atoms with E-state index in [1.807, 2.05) is 13.0 Å². The molecule has 16 heavy (non-hydrogen) atoms. The summed E-state index contributed by atoms with van der Waals surface area (Å²) in [7, 11) is 0. The predicted molar refractivity (Wildman–Crippen MR) is 63.9 cm³/mol. The van der Waals surface area contributed by atoms with Gasteiger partial charge in [-0.25, -0.2) is 4.39 Å². The molecule has 1 aromatic carbocycles. The van der Waals surface area contributed by atoms with Crippen LogP contribution in [0.25, 0.3) is 0 Å². The van der Waals surface area contributed by atoms with E-state index >= 15 is 0 Å². The van der Waals surface area contributed by atoms with Crippen LogP contribution in [0.1, 0.15) is 31.9 Å². The first-order valence-electron chi connectivity index (χ1n) is 5.85. The highest BCUT2D eigenvalue weighted by molar-refractivity contribution is 5.21. The van der Waals surface area contributed by atoms with Crippen molar-refractivity contribution in [2.45, 2.75) is 26.3 Å². The minimum atomic E-state index is -0.173. The van der Waals surface area contributed by atoms with Gasteiger partial charge in [-0.2, -0.15) is 0 Å². The number of nitrogens with one attached hydrogen (secondary N) is 1. The van der Waals surface area contributed by atoms with Gasteiger partial charge in [-0.15, -0.1) is 0 Å². The molecule has 1 atom stereocenters. The Morgan fingerprint density at radius 3 is 2.69 bits per heavy atom. The SMILES string of the molecule is CCCOCC(NCC)c1ccccc1F. The van der Waals surface area contributed by atoms with Crippen LogP contribution >= 0.6 is 0 Å². The van der Waals surface area contributed by atoms with Crippen molar-refractivity contribution in [3.8, 4) is 0 Å². The minimum Gasteiger partial charge on any atom is -0.379 e. The van der Waals surface area contributed by atoms with Gasteiger partial charge in [0, 0.05) is 12.2 Å². The molecule has 0 fully saturated rings. The summed E-state index contributed by atoms with van der Waals surface area (Å²) in [5, 5.41) is 3.23.